The van der Waals surface area contributed by atoms with Crippen molar-refractivity contribution in [2.24, 2.45) is 0 Å². The summed E-state index contributed by atoms with van der Waals surface area (Å²) in [5, 5.41) is 5.59. The highest BCUT2D eigenvalue weighted by molar-refractivity contribution is 5.91. The summed E-state index contributed by atoms with van der Waals surface area (Å²) in [7, 11) is 1.78. The lowest BCUT2D eigenvalue weighted by atomic mass is 9.96. The molecule has 6 heteroatoms. The molecule has 2 aromatic carbocycles. The monoisotopic (exact) mass is 372 g/mol. The minimum absolute atomic E-state index is 0.0968. The number of amides is 2. The zero-order chi connectivity index (χ0) is 19.6. The van der Waals surface area contributed by atoms with Crippen LogP contribution in [0, 0.1) is 5.82 Å². The molecule has 2 rings (SSSR count). The molecule has 0 spiro atoms. The van der Waals surface area contributed by atoms with E-state index in [2.05, 4.69) is 29.7 Å². The van der Waals surface area contributed by atoms with Gasteiger partial charge < -0.3 is 15.5 Å². The Morgan fingerprint density at radius 2 is 1.74 bits per heavy atom. The summed E-state index contributed by atoms with van der Waals surface area (Å²) in [5.41, 5.74) is 1.61. The van der Waals surface area contributed by atoms with Crippen molar-refractivity contribution in [1.82, 2.24) is 5.32 Å². The van der Waals surface area contributed by atoms with Gasteiger partial charge in [-0.15, -0.1) is 0 Å². The van der Waals surface area contributed by atoms with Gasteiger partial charge in [0.25, 0.3) is 11.8 Å². The third-order valence-corrected chi connectivity index (χ3v) is 4.34. The van der Waals surface area contributed by atoms with Gasteiger partial charge in [-0.1, -0.05) is 43.3 Å². The predicted molar refractivity (Wildman–Crippen MR) is 104 cm³/mol. The quantitative estimate of drug-likeness (QED) is 0.626. The molecule has 2 atom stereocenters. The zero-order valence-electron chi connectivity index (χ0n) is 15.8. The maximum Gasteiger partial charge on any atom is 0.279 e. The number of benzene rings is 2. The van der Waals surface area contributed by atoms with E-state index in [4.69, 9.17) is 0 Å². The largest absolute Gasteiger partial charge is 0.351 e. The van der Waals surface area contributed by atoms with Gasteiger partial charge in [0.15, 0.2) is 13.1 Å². The van der Waals surface area contributed by atoms with Gasteiger partial charge in [0, 0.05) is 18.2 Å². The molecule has 0 aromatic heterocycles. The Bertz CT molecular complexity index is 752. The van der Waals surface area contributed by atoms with E-state index < -0.39 is 5.82 Å². The zero-order valence-corrected chi connectivity index (χ0v) is 15.8. The summed E-state index contributed by atoms with van der Waals surface area (Å²) in [6.07, 6.45) is 0.934. The molecule has 2 aromatic rings. The standard InChI is InChI=1S/C21H26FN3O2/c1-3-16(17-8-5-4-6-9-17)13-23-20(26)14-25(2)15-21(27)24-19-11-7-10-18(22)12-19/h4-12,16H,3,13-15H2,1-2H3,(H,23,26)(H,24,27)/p+1/t16-/m1/s1. The highest BCUT2D eigenvalue weighted by atomic mass is 19.1. The average Bonchev–Trinajstić information content (AvgIpc) is 2.62. The van der Waals surface area contributed by atoms with Crippen LogP contribution in [-0.4, -0.2) is 38.5 Å². The van der Waals surface area contributed by atoms with E-state index in [0.29, 0.717) is 12.2 Å². The minimum atomic E-state index is -0.406. The maximum atomic E-state index is 13.1. The lowest BCUT2D eigenvalue weighted by molar-refractivity contribution is -0.862. The van der Waals surface area contributed by atoms with Gasteiger partial charge in [-0.05, 0) is 30.2 Å². The van der Waals surface area contributed by atoms with Crippen LogP contribution in [0.2, 0.25) is 0 Å². The molecule has 0 saturated carbocycles. The smallest absolute Gasteiger partial charge is 0.279 e. The summed E-state index contributed by atoms with van der Waals surface area (Å²) in [6.45, 7) is 2.99. The molecular weight excluding hydrogens is 345 g/mol. The van der Waals surface area contributed by atoms with Crippen LogP contribution in [0.5, 0.6) is 0 Å². The minimum Gasteiger partial charge on any atom is -0.351 e. The van der Waals surface area contributed by atoms with Crippen LogP contribution < -0.4 is 15.5 Å². The number of rotatable bonds is 9. The number of hydrogen-bond acceptors (Lipinski definition) is 2. The van der Waals surface area contributed by atoms with E-state index in [1.165, 1.54) is 23.8 Å². The second-order valence-electron chi connectivity index (χ2n) is 6.69. The van der Waals surface area contributed by atoms with E-state index in [-0.39, 0.29) is 30.8 Å². The van der Waals surface area contributed by atoms with Crippen molar-refractivity contribution < 1.29 is 18.9 Å². The van der Waals surface area contributed by atoms with Gasteiger partial charge in [-0.3, -0.25) is 9.59 Å². The van der Waals surface area contributed by atoms with E-state index in [9.17, 15) is 14.0 Å². The molecule has 0 heterocycles. The summed E-state index contributed by atoms with van der Waals surface area (Å²) in [4.78, 5) is 25.0. The molecule has 0 fully saturated rings. The van der Waals surface area contributed by atoms with Crippen LogP contribution in [0.25, 0.3) is 0 Å². The van der Waals surface area contributed by atoms with E-state index in [1.807, 2.05) is 18.2 Å². The van der Waals surface area contributed by atoms with Crippen molar-refractivity contribution >= 4 is 17.5 Å². The van der Waals surface area contributed by atoms with Crippen molar-refractivity contribution in [2.75, 3.05) is 32.0 Å². The highest BCUT2D eigenvalue weighted by Crippen LogP contribution is 2.17. The molecule has 2 amide bonds. The molecule has 27 heavy (non-hydrogen) atoms. The molecule has 3 N–H and O–H groups in total. The number of carbonyl (C=O) groups excluding carboxylic acids is 2. The molecule has 5 nitrogen and oxygen atoms in total. The number of nitrogens with one attached hydrogen (secondary N) is 3. The first-order valence-electron chi connectivity index (χ1n) is 9.16. The Morgan fingerprint density at radius 3 is 2.41 bits per heavy atom. The molecule has 144 valence electrons. The first-order valence-corrected chi connectivity index (χ1v) is 9.16. The van der Waals surface area contributed by atoms with Crippen molar-refractivity contribution in [3.05, 3.63) is 66.0 Å². The van der Waals surface area contributed by atoms with Gasteiger partial charge in [0.2, 0.25) is 0 Å². The topological polar surface area (TPSA) is 62.6 Å². The summed E-state index contributed by atoms with van der Waals surface area (Å²) in [5.74, 6) is -0.495. The number of anilines is 1. The maximum absolute atomic E-state index is 13.1. The predicted octanol–water partition coefficient (Wildman–Crippen LogP) is 1.59. The first kappa shape index (κ1) is 20.6. The molecule has 0 aliphatic carbocycles. The third kappa shape index (κ3) is 7.19. The van der Waals surface area contributed by atoms with E-state index in [0.717, 1.165) is 11.3 Å². The van der Waals surface area contributed by atoms with Crippen LogP contribution in [-0.2, 0) is 9.59 Å². The summed E-state index contributed by atoms with van der Waals surface area (Å²) in [6, 6.07) is 15.8. The summed E-state index contributed by atoms with van der Waals surface area (Å²) >= 11 is 0. The van der Waals surface area contributed by atoms with Gasteiger partial charge in [-0.2, -0.15) is 0 Å². The number of carbonyl (C=O) groups is 2. The fraction of sp³-hybridized carbons (Fsp3) is 0.333. The molecule has 1 unspecified atom stereocenters. The van der Waals surface area contributed by atoms with Crippen molar-refractivity contribution in [2.45, 2.75) is 19.3 Å². The second kappa shape index (κ2) is 10.4. The Hall–Kier alpha value is -2.73. The molecular formula is C21H27FN3O2+. The van der Waals surface area contributed by atoms with Gasteiger partial charge in [0.1, 0.15) is 5.82 Å². The van der Waals surface area contributed by atoms with Crippen LogP contribution in [0.1, 0.15) is 24.8 Å². The van der Waals surface area contributed by atoms with Crippen LogP contribution in [0.15, 0.2) is 54.6 Å². The third-order valence-electron chi connectivity index (χ3n) is 4.34. The number of halogens is 1. The van der Waals surface area contributed by atoms with Gasteiger partial charge >= 0.3 is 0 Å². The Morgan fingerprint density at radius 1 is 1.04 bits per heavy atom. The highest BCUT2D eigenvalue weighted by Gasteiger charge is 2.16. The van der Waals surface area contributed by atoms with Crippen LogP contribution in [0.4, 0.5) is 10.1 Å². The fourth-order valence-electron chi connectivity index (χ4n) is 2.90. The molecule has 0 aliphatic rings. The summed E-state index contributed by atoms with van der Waals surface area (Å²) < 4.78 is 13.1. The van der Waals surface area contributed by atoms with Gasteiger partial charge in [0.05, 0.1) is 7.05 Å². The normalized spacial score (nSPS) is 12.9. The first-order chi connectivity index (χ1) is 13.0. The lowest BCUT2D eigenvalue weighted by Crippen LogP contribution is -3.11. The Balaban J connectivity index is 1.75. The second-order valence-corrected chi connectivity index (χ2v) is 6.69. The molecule has 0 aliphatic heterocycles. The van der Waals surface area contributed by atoms with E-state index in [1.54, 1.807) is 13.1 Å². The van der Waals surface area contributed by atoms with Gasteiger partial charge in [-0.25, -0.2) is 4.39 Å². The number of hydrogen-bond donors (Lipinski definition) is 3. The van der Waals surface area contributed by atoms with Crippen molar-refractivity contribution in [3.63, 3.8) is 0 Å². The average molecular weight is 372 g/mol. The van der Waals surface area contributed by atoms with Crippen LogP contribution in [0.3, 0.4) is 0 Å². The number of likely N-dealkylation sites (N-methyl/N-ethyl adjacent to an activating group) is 1. The molecule has 0 bridgehead atoms. The van der Waals surface area contributed by atoms with E-state index >= 15 is 0 Å². The molecule has 0 saturated heterocycles. The van der Waals surface area contributed by atoms with Crippen LogP contribution >= 0.6 is 0 Å². The van der Waals surface area contributed by atoms with Crippen molar-refractivity contribution in [3.8, 4) is 0 Å². The number of quaternary nitrogens is 1. The lowest BCUT2D eigenvalue weighted by Gasteiger charge is -2.18. The van der Waals surface area contributed by atoms with Crippen molar-refractivity contribution in [1.29, 1.82) is 0 Å². The Kier molecular flexibility index (Phi) is 7.95. The molecule has 0 radical (unpaired) electrons. The Labute approximate surface area is 159 Å². The fourth-order valence-corrected chi connectivity index (χ4v) is 2.90. The SMILES string of the molecule is CC[C@H](CNC(=O)C[NH+](C)CC(=O)Nc1cccc(F)c1)c1ccccc1.